The van der Waals surface area contributed by atoms with Crippen LogP contribution in [-0.2, 0) is 0 Å². The molecule has 0 radical (unpaired) electrons. The summed E-state index contributed by atoms with van der Waals surface area (Å²) < 4.78 is 1.46. The number of hydrogen-bond donors (Lipinski definition) is 1. The van der Waals surface area contributed by atoms with E-state index >= 15 is 0 Å². The van der Waals surface area contributed by atoms with Gasteiger partial charge in [-0.15, -0.1) is 0 Å². The summed E-state index contributed by atoms with van der Waals surface area (Å²) in [4.78, 5) is 4.50. The summed E-state index contributed by atoms with van der Waals surface area (Å²) in [7, 11) is 0. The van der Waals surface area contributed by atoms with Gasteiger partial charge in [-0.05, 0) is 60.5 Å². The zero-order chi connectivity index (χ0) is 11.6. The van der Waals surface area contributed by atoms with Gasteiger partial charge in [0.2, 0.25) is 0 Å². The third-order valence-corrected chi connectivity index (χ3v) is 5.34. The minimum absolute atomic E-state index is 0.392. The van der Waals surface area contributed by atoms with Crippen molar-refractivity contribution in [2.24, 2.45) is 0 Å². The lowest BCUT2D eigenvalue weighted by atomic mass is 10.1. The molecule has 1 aliphatic heterocycles. The van der Waals surface area contributed by atoms with Crippen LogP contribution in [0.15, 0.2) is 16.6 Å². The molecule has 1 aromatic rings. The summed E-state index contributed by atoms with van der Waals surface area (Å²) >= 11 is 5.53. The lowest BCUT2D eigenvalue weighted by Crippen LogP contribution is -2.27. The van der Waals surface area contributed by atoms with Crippen molar-refractivity contribution in [3.05, 3.63) is 22.3 Å². The van der Waals surface area contributed by atoms with Crippen LogP contribution < -0.4 is 5.32 Å². The summed E-state index contributed by atoms with van der Waals surface area (Å²) in [6.45, 7) is 5.36. The number of aryl methyl sites for hydroxylation is 1. The van der Waals surface area contributed by atoms with E-state index in [1.165, 1.54) is 18.6 Å². The molecule has 0 aliphatic carbocycles. The van der Waals surface area contributed by atoms with Crippen LogP contribution in [0.3, 0.4) is 0 Å². The summed E-state index contributed by atoms with van der Waals surface area (Å²) in [5.41, 5.74) is 1.04. The second-order valence-corrected chi connectivity index (χ2v) is 7.06. The van der Waals surface area contributed by atoms with E-state index < -0.39 is 0 Å². The lowest BCUT2D eigenvalue weighted by molar-refractivity contribution is 0.633. The van der Waals surface area contributed by atoms with E-state index in [0.717, 1.165) is 22.5 Å². The van der Waals surface area contributed by atoms with Crippen molar-refractivity contribution in [1.82, 2.24) is 4.98 Å². The molecule has 1 unspecified atom stereocenters. The Morgan fingerprint density at radius 2 is 2.38 bits per heavy atom. The van der Waals surface area contributed by atoms with Crippen molar-refractivity contribution in [3.8, 4) is 0 Å². The molecule has 0 aromatic carbocycles. The zero-order valence-electron chi connectivity index (χ0n) is 9.72. The van der Waals surface area contributed by atoms with Crippen LogP contribution in [0, 0.1) is 6.92 Å². The largest absolute Gasteiger partial charge is 0.369 e. The first-order chi connectivity index (χ1) is 7.59. The quantitative estimate of drug-likeness (QED) is 0.918. The Kier molecular flexibility index (Phi) is 3.80. The predicted octanol–water partition coefficient (Wildman–Crippen LogP) is 3.85. The van der Waals surface area contributed by atoms with Gasteiger partial charge in [0.05, 0.1) is 5.69 Å². The van der Waals surface area contributed by atoms with Gasteiger partial charge in [0.15, 0.2) is 0 Å². The molecule has 16 heavy (non-hydrogen) atoms. The topological polar surface area (TPSA) is 24.9 Å². The normalized spacial score (nSPS) is 24.7. The number of aromatic nitrogens is 1. The van der Waals surface area contributed by atoms with Crippen LogP contribution in [-0.4, -0.2) is 22.0 Å². The molecule has 88 valence electrons. The predicted molar refractivity (Wildman–Crippen MR) is 75.3 cm³/mol. The molecule has 0 spiro atoms. The smallest absolute Gasteiger partial charge is 0.126 e. The molecule has 1 saturated heterocycles. The molecule has 0 amide bonds. The molecule has 1 aliphatic rings. The molecule has 2 heterocycles. The van der Waals surface area contributed by atoms with Gasteiger partial charge in [-0.2, -0.15) is 11.8 Å². The number of halogens is 1. The monoisotopic (exact) mass is 300 g/mol. The highest BCUT2D eigenvalue weighted by Crippen LogP contribution is 2.37. The SMILES string of the molecule is Cc1nc(NCC2(C)CCCS2)ccc1Br. The highest BCUT2D eigenvalue weighted by Gasteiger charge is 2.29. The molecular weight excluding hydrogens is 284 g/mol. The van der Waals surface area contributed by atoms with Crippen LogP contribution in [0.25, 0.3) is 0 Å². The molecule has 1 aromatic heterocycles. The second kappa shape index (κ2) is 4.96. The molecule has 4 heteroatoms. The van der Waals surface area contributed by atoms with Crippen molar-refractivity contribution < 1.29 is 0 Å². The van der Waals surface area contributed by atoms with Gasteiger partial charge in [0.1, 0.15) is 5.82 Å². The van der Waals surface area contributed by atoms with Crippen molar-refractivity contribution in [3.63, 3.8) is 0 Å². The summed E-state index contributed by atoms with van der Waals surface area (Å²) in [5, 5.41) is 3.44. The molecule has 2 rings (SSSR count). The number of pyridine rings is 1. The van der Waals surface area contributed by atoms with E-state index in [1.807, 2.05) is 13.0 Å². The number of nitrogens with one attached hydrogen (secondary N) is 1. The Labute approximate surface area is 110 Å². The number of hydrogen-bond acceptors (Lipinski definition) is 3. The maximum atomic E-state index is 4.50. The number of nitrogens with zero attached hydrogens (tertiary/aromatic N) is 1. The van der Waals surface area contributed by atoms with E-state index in [0.29, 0.717) is 4.75 Å². The fourth-order valence-corrected chi connectivity index (χ4v) is 3.36. The van der Waals surface area contributed by atoms with Crippen molar-refractivity contribution in [1.29, 1.82) is 0 Å². The highest BCUT2D eigenvalue weighted by atomic mass is 79.9. The first kappa shape index (κ1) is 12.2. The maximum absolute atomic E-state index is 4.50. The Bertz CT molecular complexity index is 375. The van der Waals surface area contributed by atoms with Gasteiger partial charge in [-0.3, -0.25) is 0 Å². The first-order valence-electron chi connectivity index (χ1n) is 5.60. The third-order valence-electron chi connectivity index (χ3n) is 2.97. The first-order valence-corrected chi connectivity index (χ1v) is 7.38. The molecule has 1 atom stereocenters. The van der Waals surface area contributed by atoms with Gasteiger partial charge < -0.3 is 5.32 Å². The van der Waals surface area contributed by atoms with Gasteiger partial charge in [-0.1, -0.05) is 0 Å². The second-order valence-electron chi connectivity index (χ2n) is 4.52. The van der Waals surface area contributed by atoms with E-state index in [1.54, 1.807) is 0 Å². The summed E-state index contributed by atoms with van der Waals surface area (Å²) in [5.74, 6) is 2.28. The van der Waals surface area contributed by atoms with Crippen LogP contribution in [0.1, 0.15) is 25.5 Å². The van der Waals surface area contributed by atoms with Gasteiger partial charge in [-0.25, -0.2) is 4.98 Å². The molecule has 1 fully saturated rings. The minimum atomic E-state index is 0.392. The molecule has 0 saturated carbocycles. The number of anilines is 1. The van der Waals surface area contributed by atoms with E-state index in [9.17, 15) is 0 Å². The van der Waals surface area contributed by atoms with Crippen LogP contribution in [0.4, 0.5) is 5.82 Å². The Morgan fingerprint density at radius 3 is 3.00 bits per heavy atom. The van der Waals surface area contributed by atoms with Crippen LogP contribution >= 0.6 is 27.7 Å². The van der Waals surface area contributed by atoms with Crippen molar-refractivity contribution in [2.45, 2.75) is 31.4 Å². The lowest BCUT2D eigenvalue weighted by Gasteiger charge is -2.23. The van der Waals surface area contributed by atoms with Crippen LogP contribution in [0.2, 0.25) is 0 Å². The number of thioether (sulfide) groups is 1. The number of rotatable bonds is 3. The maximum Gasteiger partial charge on any atom is 0.126 e. The van der Waals surface area contributed by atoms with E-state index in [4.69, 9.17) is 0 Å². The minimum Gasteiger partial charge on any atom is -0.369 e. The van der Waals surface area contributed by atoms with Crippen molar-refractivity contribution in [2.75, 3.05) is 17.6 Å². The van der Waals surface area contributed by atoms with E-state index in [2.05, 4.69) is 51.0 Å². The highest BCUT2D eigenvalue weighted by molar-refractivity contribution is 9.10. The van der Waals surface area contributed by atoms with E-state index in [-0.39, 0.29) is 0 Å². The van der Waals surface area contributed by atoms with Gasteiger partial charge >= 0.3 is 0 Å². The average Bonchev–Trinajstić information content (AvgIpc) is 2.68. The molecule has 0 bridgehead atoms. The molecule has 1 N–H and O–H groups in total. The fourth-order valence-electron chi connectivity index (χ4n) is 1.90. The third kappa shape index (κ3) is 2.92. The molecular formula is C12H17BrN2S. The Balaban J connectivity index is 1.96. The van der Waals surface area contributed by atoms with Gasteiger partial charge in [0, 0.05) is 15.8 Å². The summed E-state index contributed by atoms with van der Waals surface area (Å²) in [6.07, 6.45) is 2.65. The average molecular weight is 301 g/mol. The fraction of sp³-hybridized carbons (Fsp3) is 0.583. The van der Waals surface area contributed by atoms with Crippen LogP contribution in [0.5, 0.6) is 0 Å². The van der Waals surface area contributed by atoms with Gasteiger partial charge in [0.25, 0.3) is 0 Å². The standard InChI is InChI=1S/C12H17BrN2S/c1-9-10(13)4-5-11(15-9)14-8-12(2)6-3-7-16-12/h4-5H,3,6-8H2,1-2H3,(H,14,15). The summed E-state index contributed by atoms with van der Waals surface area (Å²) in [6, 6.07) is 4.08. The zero-order valence-corrected chi connectivity index (χ0v) is 12.1. The van der Waals surface area contributed by atoms with Crippen molar-refractivity contribution >= 4 is 33.5 Å². The Morgan fingerprint density at radius 1 is 1.56 bits per heavy atom. The molecule has 2 nitrogen and oxygen atoms in total. The Hall–Kier alpha value is -0.220.